The van der Waals surface area contributed by atoms with Crippen molar-refractivity contribution in [3.63, 3.8) is 0 Å². The van der Waals surface area contributed by atoms with Crippen molar-refractivity contribution in [1.82, 2.24) is 14.7 Å². The third kappa shape index (κ3) is 3.34. The van der Waals surface area contributed by atoms with E-state index >= 15 is 0 Å². The molecule has 0 fully saturated rings. The summed E-state index contributed by atoms with van der Waals surface area (Å²) in [5, 5.41) is 4.41. The summed E-state index contributed by atoms with van der Waals surface area (Å²) in [4.78, 5) is 2.34. The standard InChI is InChI=1S/C14H20N4/c1-3-18(11-14-7-8-17(2)16-14)10-12-5-4-6-13(15)9-12/h4-9H,3,10-11,15H2,1-2H3. The van der Waals surface area contributed by atoms with Crippen LogP contribution in [-0.4, -0.2) is 21.2 Å². The lowest BCUT2D eigenvalue weighted by atomic mass is 10.2. The number of hydrogen-bond donors (Lipinski definition) is 1. The zero-order valence-electron chi connectivity index (χ0n) is 11.0. The monoisotopic (exact) mass is 244 g/mol. The van der Waals surface area contributed by atoms with Crippen LogP contribution in [0.1, 0.15) is 18.2 Å². The maximum Gasteiger partial charge on any atom is 0.0764 e. The van der Waals surface area contributed by atoms with Gasteiger partial charge in [-0.25, -0.2) is 0 Å². The molecule has 0 unspecified atom stereocenters. The topological polar surface area (TPSA) is 47.1 Å². The molecule has 1 aromatic carbocycles. The van der Waals surface area contributed by atoms with Crippen molar-refractivity contribution in [1.29, 1.82) is 0 Å². The van der Waals surface area contributed by atoms with Crippen LogP contribution in [0, 0.1) is 0 Å². The Morgan fingerprint density at radius 2 is 2.11 bits per heavy atom. The van der Waals surface area contributed by atoms with Crippen LogP contribution in [0.3, 0.4) is 0 Å². The second kappa shape index (κ2) is 5.69. The van der Waals surface area contributed by atoms with Crippen molar-refractivity contribution >= 4 is 5.69 Å². The van der Waals surface area contributed by atoms with Crippen molar-refractivity contribution in [2.45, 2.75) is 20.0 Å². The Bertz CT molecular complexity index is 504. The molecule has 2 rings (SSSR count). The fraction of sp³-hybridized carbons (Fsp3) is 0.357. The Kier molecular flexibility index (Phi) is 3.99. The van der Waals surface area contributed by atoms with E-state index in [0.29, 0.717) is 0 Å². The number of benzene rings is 1. The molecule has 0 aliphatic carbocycles. The van der Waals surface area contributed by atoms with E-state index < -0.39 is 0 Å². The fourth-order valence-electron chi connectivity index (χ4n) is 2.01. The van der Waals surface area contributed by atoms with Gasteiger partial charge in [0.2, 0.25) is 0 Å². The first-order valence-corrected chi connectivity index (χ1v) is 6.22. The number of aromatic nitrogens is 2. The number of aryl methyl sites for hydroxylation is 1. The maximum absolute atomic E-state index is 5.80. The van der Waals surface area contributed by atoms with E-state index in [4.69, 9.17) is 5.73 Å². The fourth-order valence-corrected chi connectivity index (χ4v) is 2.01. The molecule has 0 bridgehead atoms. The Morgan fingerprint density at radius 3 is 2.72 bits per heavy atom. The Hall–Kier alpha value is -1.81. The van der Waals surface area contributed by atoms with Crippen LogP contribution in [-0.2, 0) is 20.1 Å². The summed E-state index contributed by atoms with van der Waals surface area (Å²) in [6.07, 6.45) is 1.98. The predicted molar refractivity (Wildman–Crippen MR) is 73.9 cm³/mol. The second-order valence-corrected chi connectivity index (χ2v) is 4.53. The molecule has 96 valence electrons. The van der Waals surface area contributed by atoms with Gasteiger partial charge >= 0.3 is 0 Å². The normalized spacial score (nSPS) is 11.1. The number of nitrogen functional groups attached to an aromatic ring is 1. The SMILES string of the molecule is CCN(Cc1cccc(N)c1)Cc1ccn(C)n1. The summed E-state index contributed by atoms with van der Waals surface area (Å²) in [6, 6.07) is 10.1. The number of anilines is 1. The molecule has 2 N–H and O–H groups in total. The molecule has 2 aromatic rings. The maximum atomic E-state index is 5.80. The van der Waals surface area contributed by atoms with Crippen LogP contribution < -0.4 is 5.73 Å². The first-order chi connectivity index (χ1) is 8.67. The van der Waals surface area contributed by atoms with Crippen molar-refractivity contribution < 1.29 is 0 Å². The van der Waals surface area contributed by atoms with E-state index in [1.807, 2.05) is 36.1 Å². The first-order valence-electron chi connectivity index (χ1n) is 6.22. The average molecular weight is 244 g/mol. The van der Waals surface area contributed by atoms with Gasteiger partial charge in [-0.2, -0.15) is 5.10 Å². The molecule has 1 aromatic heterocycles. The molecule has 18 heavy (non-hydrogen) atoms. The summed E-state index contributed by atoms with van der Waals surface area (Å²) in [5.41, 5.74) is 8.96. The van der Waals surface area contributed by atoms with Gasteiger partial charge in [0.25, 0.3) is 0 Å². The molecule has 0 atom stereocenters. The van der Waals surface area contributed by atoms with Gasteiger partial charge in [0, 0.05) is 32.0 Å². The van der Waals surface area contributed by atoms with E-state index in [-0.39, 0.29) is 0 Å². The molecule has 0 saturated carbocycles. The smallest absolute Gasteiger partial charge is 0.0764 e. The molecule has 0 spiro atoms. The Balaban J connectivity index is 2.01. The molecule has 0 aliphatic rings. The molecule has 0 aliphatic heterocycles. The summed E-state index contributed by atoms with van der Waals surface area (Å²) in [7, 11) is 1.94. The van der Waals surface area contributed by atoms with Gasteiger partial charge in [-0.05, 0) is 30.3 Å². The lowest BCUT2D eigenvalue weighted by molar-refractivity contribution is 0.267. The van der Waals surface area contributed by atoms with E-state index in [1.165, 1.54) is 5.56 Å². The van der Waals surface area contributed by atoms with Crippen LogP contribution in [0.2, 0.25) is 0 Å². The van der Waals surface area contributed by atoms with E-state index in [1.54, 1.807) is 0 Å². The Labute approximate surface area is 108 Å². The van der Waals surface area contributed by atoms with Gasteiger partial charge in [0.1, 0.15) is 0 Å². The highest BCUT2D eigenvalue weighted by atomic mass is 15.3. The second-order valence-electron chi connectivity index (χ2n) is 4.53. The zero-order valence-corrected chi connectivity index (χ0v) is 11.0. The summed E-state index contributed by atoms with van der Waals surface area (Å²) in [5.74, 6) is 0. The van der Waals surface area contributed by atoms with Gasteiger partial charge in [-0.3, -0.25) is 9.58 Å². The predicted octanol–water partition coefficient (Wildman–Crippen LogP) is 2.02. The molecular formula is C14H20N4. The Morgan fingerprint density at radius 1 is 1.28 bits per heavy atom. The lowest BCUT2D eigenvalue weighted by Gasteiger charge is -2.19. The number of nitrogens with zero attached hydrogens (tertiary/aromatic N) is 3. The third-order valence-corrected chi connectivity index (χ3v) is 2.96. The van der Waals surface area contributed by atoms with Crippen molar-refractivity contribution in [3.05, 3.63) is 47.8 Å². The largest absolute Gasteiger partial charge is 0.399 e. The molecule has 0 amide bonds. The van der Waals surface area contributed by atoms with E-state index in [0.717, 1.165) is 31.0 Å². The van der Waals surface area contributed by atoms with Gasteiger partial charge < -0.3 is 5.73 Å². The molecule has 4 nitrogen and oxygen atoms in total. The van der Waals surface area contributed by atoms with Gasteiger partial charge in [-0.15, -0.1) is 0 Å². The quantitative estimate of drug-likeness (QED) is 0.819. The molecule has 4 heteroatoms. The summed E-state index contributed by atoms with van der Waals surface area (Å²) >= 11 is 0. The van der Waals surface area contributed by atoms with Crippen molar-refractivity contribution in [2.75, 3.05) is 12.3 Å². The minimum atomic E-state index is 0.821. The number of hydrogen-bond acceptors (Lipinski definition) is 3. The van der Waals surface area contributed by atoms with Crippen LogP contribution in [0.4, 0.5) is 5.69 Å². The van der Waals surface area contributed by atoms with Crippen LogP contribution >= 0.6 is 0 Å². The summed E-state index contributed by atoms with van der Waals surface area (Å²) in [6.45, 7) is 4.92. The van der Waals surface area contributed by atoms with Crippen LogP contribution in [0.25, 0.3) is 0 Å². The highest BCUT2D eigenvalue weighted by molar-refractivity contribution is 5.40. The van der Waals surface area contributed by atoms with Gasteiger partial charge in [0.05, 0.1) is 5.69 Å². The van der Waals surface area contributed by atoms with E-state index in [9.17, 15) is 0 Å². The highest BCUT2D eigenvalue weighted by Gasteiger charge is 2.07. The van der Waals surface area contributed by atoms with Crippen LogP contribution in [0.5, 0.6) is 0 Å². The number of nitrogens with two attached hydrogens (primary N) is 1. The highest BCUT2D eigenvalue weighted by Crippen LogP contribution is 2.11. The minimum Gasteiger partial charge on any atom is -0.399 e. The van der Waals surface area contributed by atoms with Crippen molar-refractivity contribution in [2.24, 2.45) is 7.05 Å². The first kappa shape index (κ1) is 12.6. The number of rotatable bonds is 5. The molecule has 0 saturated heterocycles. The molecule has 1 heterocycles. The van der Waals surface area contributed by atoms with Gasteiger partial charge in [0.15, 0.2) is 0 Å². The van der Waals surface area contributed by atoms with E-state index in [2.05, 4.69) is 29.1 Å². The minimum absolute atomic E-state index is 0.821. The van der Waals surface area contributed by atoms with Crippen LogP contribution in [0.15, 0.2) is 36.5 Å². The zero-order chi connectivity index (χ0) is 13.0. The molecule has 0 radical (unpaired) electrons. The van der Waals surface area contributed by atoms with Crippen molar-refractivity contribution in [3.8, 4) is 0 Å². The molecular weight excluding hydrogens is 224 g/mol. The summed E-state index contributed by atoms with van der Waals surface area (Å²) < 4.78 is 1.84. The lowest BCUT2D eigenvalue weighted by Crippen LogP contribution is -2.22. The average Bonchev–Trinajstić information content (AvgIpc) is 2.74. The third-order valence-electron chi connectivity index (χ3n) is 2.96. The van der Waals surface area contributed by atoms with Gasteiger partial charge in [-0.1, -0.05) is 19.1 Å².